The maximum Gasteiger partial charge on any atom is 0.273 e. The van der Waals surface area contributed by atoms with E-state index >= 15 is 0 Å². The molecule has 1 unspecified atom stereocenters. The minimum Gasteiger partial charge on any atom is -0.331 e. The van der Waals surface area contributed by atoms with Crippen LogP contribution in [0.4, 0.5) is 0 Å². The van der Waals surface area contributed by atoms with Crippen molar-refractivity contribution in [2.75, 3.05) is 7.05 Å². The van der Waals surface area contributed by atoms with Crippen LogP contribution in [0, 0.1) is 0 Å². The summed E-state index contributed by atoms with van der Waals surface area (Å²) in [5.74, 6) is -0.109. The Morgan fingerprint density at radius 3 is 2.62 bits per heavy atom. The van der Waals surface area contributed by atoms with Gasteiger partial charge in [0.2, 0.25) is 0 Å². The molecule has 5 nitrogen and oxygen atoms in total. The van der Waals surface area contributed by atoms with E-state index < -0.39 is 0 Å². The number of rotatable bonds is 4. The molecule has 1 atom stereocenters. The van der Waals surface area contributed by atoms with Gasteiger partial charge in [0.15, 0.2) is 0 Å². The summed E-state index contributed by atoms with van der Waals surface area (Å²) in [5.41, 5.74) is 6.96. The van der Waals surface area contributed by atoms with E-state index in [1.54, 1.807) is 28.7 Å². The molecule has 0 aliphatic carbocycles. The fourth-order valence-electron chi connectivity index (χ4n) is 2.09. The number of hydrogen-bond donors (Lipinski definition) is 1. The Hall–Kier alpha value is -1.25. The monoisotopic (exact) mass is 404 g/mol. The van der Waals surface area contributed by atoms with E-state index in [2.05, 4.69) is 9.97 Å². The third-order valence-corrected chi connectivity index (χ3v) is 5.59. The summed E-state index contributed by atoms with van der Waals surface area (Å²) in [6.07, 6.45) is 0. The van der Waals surface area contributed by atoms with Gasteiger partial charge < -0.3 is 10.6 Å². The van der Waals surface area contributed by atoms with Crippen LogP contribution in [0.3, 0.4) is 0 Å². The number of halogens is 2. The molecule has 0 bridgehead atoms. The maximum absolute atomic E-state index is 12.5. The van der Waals surface area contributed by atoms with Crippen molar-refractivity contribution in [3.63, 3.8) is 0 Å². The van der Waals surface area contributed by atoms with Crippen LogP contribution in [0.25, 0.3) is 10.2 Å². The maximum atomic E-state index is 12.5. The SMILES string of the molecule is CC(c1nc2ccccc2s1)N(C)C(=O)c1csc(CN)n1.Cl.Cl. The van der Waals surface area contributed by atoms with Gasteiger partial charge in [0, 0.05) is 19.0 Å². The van der Waals surface area contributed by atoms with Gasteiger partial charge in [-0.1, -0.05) is 12.1 Å². The van der Waals surface area contributed by atoms with Crippen LogP contribution in [0.2, 0.25) is 0 Å². The first-order chi connectivity index (χ1) is 10.6. The highest BCUT2D eigenvalue weighted by atomic mass is 35.5. The lowest BCUT2D eigenvalue weighted by atomic mass is 10.3. The first-order valence-electron chi connectivity index (χ1n) is 6.87. The molecule has 0 aliphatic heterocycles. The number of amides is 1. The fraction of sp³-hybridized carbons (Fsp3) is 0.267. The molecule has 24 heavy (non-hydrogen) atoms. The average Bonchev–Trinajstić information content (AvgIpc) is 3.18. The molecule has 0 fully saturated rings. The van der Waals surface area contributed by atoms with Gasteiger partial charge in [0.1, 0.15) is 15.7 Å². The molecule has 0 saturated carbocycles. The zero-order valence-corrected chi connectivity index (χ0v) is 16.4. The van der Waals surface area contributed by atoms with Crippen molar-refractivity contribution >= 4 is 63.6 Å². The summed E-state index contributed by atoms with van der Waals surface area (Å²) in [6.45, 7) is 2.33. The number of benzene rings is 1. The highest BCUT2D eigenvalue weighted by Gasteiger charge is 2.23. The summed E-state index contributed by atoms with van der Waals surface area (Å²) in [4.78, 5) is 23.1. The van der Waals surface area contributed by atoms with Gasteiger partial charge in [-0.25, -0.2) is 9.97 Å². The Labute approximate surface area is 160 Å². The molecular weight excluding hydrogens is 387 g/mol. The predicted molar refractivity (Wildman–Crippen MR) is 105 cm³/mol. The smallest absolute Gasteiger partial charge is 0.273 e. The number of carbonyl (C=O) groups is 1. The number of hydrogen-bond acceptors (Lipinski definition) is 6. The molecule has 0 aliphatic rings. The number of aromatic nitrogens is 2. The minimum absolute atomic E-state index is 0. The quantitative estimate of drug-likeness (QED) is 0.715. The zero-order chi connectivity index (χ0) is 15.7. The second-order valence-corrected chi connectivity index (χ2v) is 6.95. The van der Waals surface area contributed by atoms with Gasteiger partial charge in [-0.2, -0.15) is 0 Å². The Bertz CT molecular complexity index is 788. The molecule has 2 N–H and O–H groups in total. The van der Waals surface area contributed by atoms with Crippen LogP contribution in [-0.4, -0.2) is 27.8 Å². The lowest BCUT2D eigenvalue weighted by Crippen LogP contribution is -2.29. The molecule has 0 spiro atoms. The summed E-state index contributed by atoms with van der Waals surface area (Å²) in [6, 6.07) is 7.88. The van der Waals surface area contributed by atoms with Crippen molar-refractivity contribution in [1.82, 2.24) is 14.9 Å². The lowest BCUT2D eigenvalue weighted by Gasteiger charge is -2.22. The Balaban J connectivity index is 0.00000144. The molecule has 130 valence electrons. The highest BCUT2D eigenvalue weighted by molar-refractivity contribution is 7.18. The van der Waals surface area contributed by atoms with E-state index in [-0.39, 0.29) is 36.8 Å². The molecule has 2 aromatic heterocycles. The number of carbonyl (C=O) groups excluding carboxylic acids is 1. The number of fused-ring (bicyclic) bond motifs is 1. The largest absolute Gasteiger partial charge is 0.331 e. The van der Waals surface area contributed by atoms with Gasteiger partial charge in [-0.3, -0.25) is 4.79 Å². The van der Waals surface area contributed by atoms with Crippen LogP contribution in [0.15, 0.2) is 29.6 Å². The fourth-order valence-corrected chi connectivity index (χ4v) is 3.81. The first kappa shape index (κ1) is 20.8. The second-order valence-electron chi connectivity index (χ2n) is 4.94. The van der Waals surface area contributed by atoms with Gasteiger partial charge in [-0.05, 0) is 19.1 Å². The summed E-state index contributed by atoms with van der Waals surface area (Å²) in [7, 11) is 1.78. The average molecular weight is 405 g/mol. The van der Waals surface area contributed by atoms with Crippen molar-refractivity contribution in [1.29, 1.82) is 0 Å². The molecule has 2 heterocycles. The molecule has 0 radical (unpaired) electrons. The van der Waals surface area contributed by atoms with Crippen LogP contribution >= 0.6 is 47.5 Å². The second kappa shape index (κ2) is 8.73. The number of nitrogens with zero attached hydrogens (tertiary/aromatic N) is 3. The summed E-state index contributed by atoms with van der Waals surface area (Å²) in [5, 5.41) is 3.45. The van der Waals surface area contributed by atoms with E-state index in [0.29, 0.717) is 12.2 Å². The van der Waals surface area contributed by atoms with Gasteiger partial charge in [0.05, 0.1) is 16.3 Å². The lowest BCUT2D eigenvalue weighted by molar-refractivity contribution is 0.0737. The molecule has 3 aromatic rings. The van der Waals surface area contributed by atoms with Crippen molar-refractivity contribution < 1.29 is 4.79 Å². The van der Waals surface area contributed by atoms with Crippen molar-refractivity contribution in [3.8, 4) is 0 Å². The van der Waals surface area contributed by atoms with Gasteiger partial charge in [-0.15, -0.1) is 47.5 Å². The van der Waals surface area contributed by atoms with Crippen LogP contribution in [0.5, 0.6) is 0 Å². The van der Waals surface area contributed by atoms with Crippen molar-refractivity contribution in [3.05, 3.63) is 45.4 Å². The molecule has 1 amide bonds. The first-order valence-corrected chi connectivity index (χ1v) is 8.57. The van der Waals surface area contributed by atoms with E-state index in [9.17, 15) is 4.79 Å². The minimum atomic E-state index is -0.109. The normalized spacial score (nSPS) is 11.5. The van der Waals surface area contributed by atoms with Gasteiger partial charge in [0.25, 0.3) is 5.91 Å². The van der Waals surface area contributed by atoms with Crippen molar-refractivity contribution in [2.24, 2.45) is 5.73 Å². The van der Waals surface area contributed by atoms with Gasteiger partial charge >= 0.3 is 0 Å². The molecular formula is C15H18Cl2N4OS2. The zero-order valence-electron chi connectivity index (χ0n) is 13.1. The topological polar surface area (TPSA) is 72.1 Å². The van der Waals surface area contributed by atoms with Crippen molar-refractivity contribution in [2.45, 2.75) is 19.5 Å². The van der Waals surface area contributed by atoms with E-state index in [4.69, 9.17) is 5.73 Å². The number of thiazole rings is 2. The Kier molecular flexibility index (Phi) is 7.56. The van der Waals surface area contributed by atoms with Crippen LogP contribution in [-0.2, 0) is 6.54 Å². The summed E-state index contributed by atoms with van der Waals surface area (Å²) < 4.78 is 1.13. The van der Waals surface area contributed by atoms with Crippen LogP contribution in [0.1, 0.15) is 33.5 Å². The van der Waals surface area contributed by atoms with E-state index in [1.165, 1.54) is 11.3 Å². The number of nitrogens with two attached hydrogens (primary N) is 1. The standard InChI is InChI=1S/C15H16N4OS2.2ClH/c1-9(14-18-10-5-3-4-6-12(10)22-14)19(2)15(20)11-8-21-13(7-16)17-11;;/h3-6,8-9H,7,16H2,1-2H3;2*1H. The third kappa shape index (κ3) is 4.04. The molecule has 1 aromatic carbocycles. The molecule has 3 rings (SSSR count). The molecule has 9 heteroatoms. The highest BCUT2D eigenvalue weighted by Crippen LogP contribution is 2.29. The van der Waals surface area contributed by atoms with E-state index in [0.717, 1.165) is 20.2 Å². The summed E-state index contributed by atoms with van der Waals surface area (Å²) >= 11 is 3.02. The van der Waals surface area contributed by atoms with E-state index in [1.807, 2.05) is 31.2 Å². The van der Waals surface area contributed by atoms with Crippen LogP contribution < -0.4 is 5.73 Å². The Morgan fingerprint density at radius 2 is 2.00 bits per heavy atom. The number of para-hydroxylation sites is 1. The Morgan fingerprint density at radius 1 is 1.29 bits per heavy atom. The predicted octanol–water partition coefficient (Wildman–Crippen LogP) is 3.89. The third-order valence-electron chi connectivity index (χ3n) is 3.51. The molecule has 0 saturated heterocycles.